The topological polar surface area (TPSA) is 79.8 Å². The van der Waals surface area contributed by atoms with Crippen LogP contribution >= 0.6 is 0 Å². The molecule has 0 heterocycles. The van der Waals surface area contributed by atoms with E-state index in [4.69, 9.17) is 4.74 Å². The molecular formula is C19H20FN3O3. The summed E-state index contributed by atoms with van der Waals surface area (Å²) in [5, 5.41) is 6.65. The van der Waals surface area contributed by atoms with Crippen LogP contribution < -0.4 is 15.5 Å². The van der Waals surface area contributed by atoms with Crippen LogP contribution in [0.5, 0.6) is 5.75 Å². The van der Waals surface area contributed by atoms with Gasteiger partial charge in [-0.05, 0) is 36.8 Å². The van der Waals surface area contributed by atoms with Crippen LogP contribution in [-0.2, 0) is 11.3 Å². The summed E-state index contributed by atoms with van der Waals surface area (Å²) in [5.74, 6) is -0.556. The van der Waals surface area contributed by atoms with Gasteiger partial charge in [-0.3, -0.25) is 9.59 Å². The number of benzene rings is 2. The fourth-order valence-corrected chi connectivity index (χ4v) is 2.18. The van der Waals surface area contributed by atoms with Crippen LogP contribution in [-0.4, -0.2) is 24.6 Å². The second kappa shape index (κ2) is 9.31. The summed E-state index contributed by atoms with van der Waals surface area (Å²) in [4.78, 5) is 24.0. The average Bonchev–Trinajstić information content (AvgIpc) is 2.65. The number of rotatable bonds is 7. The molecule has 0 spiro atoms. The molecule has 2 aromatic rings. The van der Waals surface area contributed by atoms with Crippen molar-refractivity contribution in [2.75, 3.05) is 7.11 Å². The molecule has 0 aliphatic heterocycles. The lowest BCUT2D eigenvalue weighted by atomic mass is 10.2. The number of nitrogens with zero attached hydrogens (tertiary/aromatic N) is 1. The van der Waals surface area contributed by atoms with Gasteiger partial charge in [0.2, 0.25) is 5.91 Å². The third-order valence-electron chi connectivity index (χ3n) is 3.52. The molecule has 2 amide bonds. The lowest BCUT2D eigenvalue weighted by Gasteiger charge is -2.07. The monoisotopic (exact) mass is 357 g/mol. The van der Waals surface area contributed by atoms with E-state index in [1.165, 1.54) is 19.2 Å². The summed E-state index contributed by atoms with van der Waals surface area (Å²) >= 11 is 0. The van der Waals surface area contributed by atoms with E-state index in [1.807, 2.05) is 0 Å². The number of carbonyl (C=O) groups excluding carboxylic acids is 2. The number of nitrogens with one attached hydrogen (secondary N) is 2. The number of carbonyl (C=O) groups is 2. The van der Waals surface area contributed by atoms with E-state index in [-0.39, 0.29) is 18.1 Å². The van der Waals surface area contributed by atoms with Crippen LogP contribution in [0.4, 0.5) is 4.39 Å². The Kier molecular flexibility index (Phi) is 6.84. The maximum absolute atomic E-state index is 12.8. The van der Waals surface area contributed by atoms with Gasteiger partial charge in [0.15, 0.2) is 0 Å². The second-order valence-corrected chi connectivity index (χ2v) is 5.57. The number of halogens is 1. The first-order valence-corrected chi connectivity index (χ1v) is 7.97. The van der Waals surface area contributed by atoms with Gasteiger partial charge in [-0.1, -0.05) is 24.3 Å². The highest BCUT2D eigenvalue weighted by Gasteiger charge is 2.11. The largest absolute Gasteiger partial charge is 0.496 e. The van der Waals surface area contributed by atoms with Crippen molar-refractivity contribution in [2.45, 2.75) is 19.9 Å². The Morgan fingerprint density at radius 1 is 1.12 bits per heavy atom. The van der Waals surface area contributed by atoms with Crippen molar-refractivity contribution in [3.63, 3.8) is 0 Å². The van der Waals surface area contributed by atoms with Crippen LogP contribution in [0.2, 0.25) is 0 Å². The normalized spacial score (nSPS) is 11.0. The number of hydrogen-bond donors (Lipinski definition) is 2. The van der Waals surface area contributed by atoms with Gasteiger partial charge in [-0.25, -0.2) is 9.82 Å². The molecule has 0 unspecified atom stereocenters. The van der Waals surface area contributed by atoms with Gasteiger partial charge in [0, 0.05) is 12.3 Å². The van der Waals surface area contributed by atoms with Crippen LogP contribution in [0.3, 0.4) is 0 Å². The molecule has 0 atom stereocenters. The van der Waals surface area contributed by atoms with E-state index in [2.05, 4.69) is 15.8 Å². The molecule has 0 aromatic heterocycles. The van der Waals surface area contributed by atoms with Crippen molar-refractivity contribution in [1.82, 2.24) is 10.7 Å². The Morgan fingerprint density at radius 3 is 2.50 bits per heavy atom. The predicted octanol–water partition coefficient (Wildman–Crippen LogP) is 2.65. The molecule has 2 rings (SSSR count). The first-order valence-electron chi connectivity index (χ1n) is 7.97. The quantitative estimate of drug-likeness (QED) is 0.591. The lowest BCUT2D eigenvalue weighted by Crippen LogP contribution is -2.26. The Balaban J connectivity index is 1.84. The summed E-state index contributed by atoms with van der Waals surface area (Å²) in [7, 11) is 1.48. The SMILES string of the molecule is COc1ccccc1C(=O)N/N=C(/C)CC(=O)NCc1ccc(F)cc1. The number of hydrazone groups is 1. The molecule has 2 aromatic carbocycles. The maximum atomic E-state index is 12.8. The molecule has 7 heteroatoms. The number of ether oxygens (including phenoxy) is 1. The molecule has 0 radical (unpaired) electrons. The minimum absolute atomic E-state index is 0.0351. The summed E-state index contributed by atoms with van der Waals surface area (Å²) in [6.07, 6.45) is 0.0351. The number of amides is 2. The molecule has 0 aliphatic carbocycles. The van der Waals surface area contributed by atoms with E-state index in [1.54, 1.807) is 43.3 Å². The highest BCUT2D eigenvalue weighted by atomic mass is 19.1. The van der Waals surface area contributed by atoms with Gasteiger partial charge in [0.25, 0.3) is 5.91 Å². The minimum atomic E-state index is -0.423. The van der Waals surface area contributed by atoms with Crippen LogP contribution in [0.15, 0.2) is 53.6 Å². The van der Waals surface area contributed by atoms with Crippen LogP contribution in [0.1, 0.15) is 29.3 Å². The van der Waals surface area contributed by atoms with Gasteiger partial charge >= 0.3 is 0 Å². The first kappa shape index (κ1) is 19.1. The predicted molar refractivity (Wildman–Crippen MR) is 96.4 cm³/mol. The van der Waals surface area contributed by atoms with Crippen molar-refractivity contribution < 1.29 is 18.7 Å². The standard InChI is InChI=1S/C19H20FN3O3/c1-13(11-18(24)21-12-14-7-9-15(20)10-8-14)22-23-19(25)16-5-3-4-6-17(16)26-2/h3-10H,11-12H2,1-2H3,(H,21,24)(H,23,25)/b22-13-. The van der Waals surface area contributed by atoms with Crippen molar-refractivity contribution in [3.05, 3.63) is 65.5 Å². The van der Waals surface area contributed by atoms with E-state index in [0.717, 1.165) is 5.56 Å². The Bertz CT molecular complexity index is 804. The van der Waals surface area contributed by atoms with Gasteiger partial charge < -0.3 is 10.1 Å². The molecule has 2 N–H and O–H groups in total. The molecule has 6 nitrogen and oxygen atoms in total. The zero-order chi connectivity index (χ0) is 18.9. The molecule has 136 valence electrons. The minimum Gasteiger partial charge on any atom is -0.496 e. The van der Waals surface area contributed by atoms with Gasteiger partial charge in [0.1, 0.15) is 11.6 Å². The molecule has 0 aliphatic rings. The Hall–Kier alpha value is -3.22. The first-order chi connectivity index (χ1) is 12.5. The van der Waals surface area contributed by atoms with Gasteiger partial charge in [0.05, 0.1) is 19.1 Å². The fourth-order valence-electron chi connectivity index (χ4n) is 2.18. The van der Waals surface area contributed by atoms with E-state index in [0.29, 0.717) is 23.6 Å². The van der Waals surface area contributed by atoms with Crippen molar-refractivity contribution in [3.8, 4) is 5.75 Å². The third kappa shape index (κ3) is 5.70. The third-order valence-corrected chi connectivity index (χ3v) is 3.52. The van der Waals surface area contributed by atoms with Gasteiger partial charge in [-0.2, -0.15) is 5.10 Å². The van der Waals surface area contributed by atoms with Crippen molar-refractivity contribution >= 4 is 17.5 Å². The lowest BCUT2D eigenvalue weighted by molar-refractivity contribution is -0.120. The summed E-state index contributed by atoms with van der Waals surface area (Å²) in [6.45, 7) is 1.93. The Morgan fingerprint density at radius 2 is 1.81 bits per heavy atom. The van der Waals surface area contributed by atoms with Crippen molar-refractivity contribution in [1.29, 1.82) is 0 Å². The summed E-state index contributed by atoms with van der Waals surface area (Å²) in [5.41, 5.74) is 4.00. The zero-order valence-electron chi connectivity index (χ0n) is 14.6. The molecule has 0 saturated heterocycles. The molecule has 0 saturated carbocycles. The number of hydrogen-bond acceptors (Lipinski definition) is 4. The number of methoxy groups -OCH3 is 1. The van der Waals surface area contributed by atoms with Gasteiger partial charge in [-0.15, -0.1) is 0 Å². The van der Waals surface area contributed by atoms with Crippen molar-refractivity contribution in [2.24, 2.45) is 5.10 Å². The summed E-state index contributed by atoms with van der Waals surface area (Å²) < 4.78 is 18.0. The highest BCUT2D eigenvalue weighted by molar-refractivity contribution is 6.01. The molecule has 0 fully saturated rings. The average molecular weight is 357 g/mol. The van der Waals surface area contributed by atoms with Crippen LogP contribution in [0, 0.1) is 5.82 Å². The van der Waals surface area contributed by atoms with E-state index in [9.17, 15) is 14.0 Å². The zero-order valence-corrected chi connectivity index (χ0v) is 14.6. The fraction of sp³-hybridized carbons (Fsp3) is 0.211. The Labute approximate surface area is 151 Å². The molecule has 0 bridgehead atoms. The van der Waals surface area contributed by atoms with Crippen LogP contribution in [0.25, 0.3) is 0 Å². The summed E-state index contributed by atoms with van der Waals surface area (Å²) in [6, 6.07) is 12.6. The van der Waals surface area contributed by atoms with E-state index < -0.39 is 5.91 Å². The molecule has 26 heavy (non-hydrogen) atoms. The smallest absolute Gasteiger partial charge is 0.275 e. The number of para-hydroxylation sites is 1. The van der Waals surface area contributed by atoms with E-state index >= 15 is 0 Å². The maximum Gasteiger partial charge on any atom is 0.275 e. The second-order valence-electron chi connectivity index (χ2n) is 5.57. The highest BCUT2D eigenvalue weighted by Crippen LogP contribution is 2.16. The molecular weight excluding hydrogens is 337 g/mol.